The third-order valence-corrected chi connectivity index (χ3v) is 5.69. The summed E-state index contributed by atoms with van der Waals surface area (Å²) in [6, 6.07) is 13.0. The maximum atomic E-state index is 13.0. The van der Waals surface area contributed by atoms with E-state index in [2.05, 4.69) is 11.9 Å². The van der Waals surface area contributed by atoms with Gasteiger partial charge in [0.05, 0.1) is 0 Å². The highest BCUT2D eigenvalue weighted by atomic mass is 16.2. The summed E-state index contributed by atoms with van der Waals surface area (Å²) in [4.78, 5) is 29.4. The number of aromatic nitrogens is 1. The van der Waals surface area contributed by atoms with Crippen LogP contribution in [0.5, 0.6) is 0 Å². The van der Waals surface area contributed by atoms with Gasteiger partial charge in [0.15, 0.2) is 0 Å². The largest absolute Gasteiger partial charge is 0.366 e. The summed E-state index contributed by atoms with van der Waals surface area (Å²) in [5.74, 6) is 0.213. The Balaban J connectivity index is 1.56. The maximum Gasteiger partial charge on any atom is 0.253 e. The molecule has 1 atom stereocenters. The Kier molecular flexibility index (Phi) is 4.67. The van der Waals surface area contributed by atoms with Crippen molar-refractivity contribution >= 4 is 22.7 Å². The highest BCUT2D eigenvalue weighted by Gasteiger charge is 2.21. The molecule has 144 valence electrons. The van der Waals surface area contributed by atoms with Gasteiger partial charge >= 0.3 is 0 Å². The SMILES string of the molecule is C[C@H]1CCc2[nH]c3ccc(C(=O)N(C)Cc4ccc(C(N)=O)cc4)cc3c2C1. The number of rotatable bonds is 4. The molecule has 0 saturated carbocycles. The van der Waals surface area contributed by atoms with E-state index in [9.17, 15) is 9.59 Å². The van der Waals surface area contributed by atoms with E-state index in [0.29, 0.717) is 23.6 Å². The highest BCUT2D eigenvalue weighted by molar-refractivity contribution is 5.99. The molecule has 5 nitrogen and oxygen atoms in total. The Hall–Kier alpha value is -3.08. The van der Waals surface area contributed by atoms with Gasteiger partial charge in [-0.1, -0.05) is 19.1 Å². The molecular weight excluding hydrogens is 350 g/mol. The van der Waals surface area contributed by atoms with E-state index >= 15 is 0 Å². The van der Waals surface area contributed by atoms with Crippen molar-refractivity contribution in [2.24, 2.45) is 11.7 Å². The molecule has 2 aromatic carbocycles. The minimum Gasteiger partial charge on any atom is -0.366 e. The Labute approximate surface area is 164 Å². The average Bonchev–Trinajstić information content (AvgIpc) is 3.04. The summed E-state index contributed by atoms with van der Waals surface area (Å²) in [6.45, 7) is 2.76. The third-order valence-electron chi connectivity index (χ3n) is 5.69. The van der Waals surface area contributed by atoms with E-state index in [1.54, 1.807) is 24.1 Å². The zero-order valence-electron chi connectivity index (χ0n) is 16.3. The summed E-state index contributed by atoms with van der Waals surface area (Å²) < 4.78 is 0. The molecule has 0 saturated heterocycles. The van der Waals surface area contributed by atoms with Crippen LogP contribution in [0.15, 0.2) is 42.5 Å². The minimum atomic E-state index is -0.451. The third kappa shape index (κ3) is 3.40. The van der Waals surface area contributed by atoms with Gasteiger partial charge in [-0.15, -0.1) is 0 Å². The molecule has 5 heteroatoms. The normalized spacial score (nSPS) is 16.0. The fraction of sp³-hybridized carbons (Fsp3) is 0.304. The first-order valence-corrected chi connectivity index (χ1v) is 9.70. The van der Waals surface area contributed by atoms with E-state index < -0.39 is 5.91 Å². The molecule has 4 rings (SSSR count). The van der Waals surface area contributed by atoms with Crippen LogP contribution < -0.4 is 5.73 Å². The van der Waals surface area contributed by atoms with E-state index in [0.717, 1.165) is 23.9 Å². The topological polar surface area (TPSA) is 79.2 Å². The molecular formula is C23H25N3O2. The van der Waals surface area contributed by atoms with E-state index in [1.807, 2.05) is 30.3 Å². The summed E-state index contributed by atoms with van der Waals surface area (Å²) in [6.07, 6.45) is 3.35. The molecule has 3 N–H and O–H groups in total. The lowest BCUT2D eigenvalue weighted by Gasteiger charge is -2.19. The average molecular weight is 375 g/mol. The summed E-state index contributed by atoms with van der Waals surface area (Å²) in [5.41, 5.74) is 11.2. The van der Waals surface area contributed by atoms with Crippen molar-refractivity contribution in [1.29, 1.82) is 0 Å². The van der Waals surface area contributed by atoms with Gasteiger partial charge in [-0.3, -0.25) is 9.59 Å². The molecule has 28 heavy (non-hydrogen) atoms. The predicted molar refractivity (Wildman–Crippen MR) is 110 cm³/mol. The van der Waals surface area contributed by atoms with Gasteiger partial charge in [0, 0.05) is 41.3 Å². The van der Waals surface area contributed by atoms with Gasteiger partial charge in [-0.25, -0.2) is 0 Å². The number of nitrogens with two attached hydrogens (primary N) is 1. The van der Waals surface area contributed by atoms with Crippen LogP contribution >= 0.6 is 0 Å². The molecule has 0 spiro atoms. The standard InChI is InChI=1S/C23H25N3O2/c1-14-3-9-20-18(11-14)19-12-17(8-10-21(19)25-20)23(28)26(2)13-15-4-6-16(7-5-15)22(24)27/h4-8,10,12,14,25H,3,9,11,13H2,1-2H3,(H2,24,27)/t14-/m0/s1. The smallest absolute Gasteiger partial charge is 0.253 e. The number of hydrogen-bond acceptors (Lipinski definition) is 2. The van der Waals surface area contributed by atoms with Crippen LogP contribution in [0.3, 0.4) is 0 Å². The van der Waals surface area contributed by atoms with Gasteiger partial charge in [0.2, 0.25) is 5.91 Å². The molecule has 3 aromatic rings. The Morgan fingerprint density at radius 3 is 2.57 bits per heavy atom. The van der Waals surface area contributed by atoms with Crippen LogP contribution in [-0.4, -0.2) is 28.7 Å². The molecule has 1 aliphatic rings. The van der Waals surface area contributed by atoms with Crippen molar-refractivity contribution in [2.45, 2.75) is 32.7 Å². The number of primary amides is 1. The zero-order valence-corrected chi connectivity index (χ0v) is 16.3. The predicted octanol–water partition coefficient (Wildman–Crippen LogP) is 3.66. The highest BCUT2D eigenvalue weighted by Crippen LogP contribution is 2.32. The number of hydrogen-bond donors (Lipinski definition) is 2. The molecule has 1 aliphatic carbocycles. The number of benzene rings is 2. The molecule has 2 amide bonds. The Morgan fingerprint density at radius 2 is 1.86 bits per heavy atom. The van der Waals surface area contributed by atoms with Crippen LogP contribution in [0.4, 0.5) is 0 Å². The molecule has 1 aromatic heterocycles. The number of fused-ring (bicyclic) bond motifs is 3. The number of carbonyl (C=O) groups is 2. The first-order valence-electron chi connectivity index (χ1n) is 9.70. The first-order chi connectivity index (χ1) is 13.4. The van der Waals surface area contributed by atoms with Crippen LogP contribution in [0.25, 0.3) is 10.9 Å². The van der Waals surface area contributed by atoms with Gasteiger partial charge in [-0.2, -0.15) is 0 Å². The van der Waals surface area contributed by atoms with Crippen LogP contribution in [0.2, 0.25) is 0 Å². The van der Waals surface area contributed by atoms with Crippen molar-refractivity contribution in [3.05, 3.63) is 70.4 Å². The lowest BCUT2D eigenvalue weighted by molar-refractivity contribution is 0.0785. The van der Waals surface area contributed by atoms with Crippen molar-refractivity contribution in [3.63, 3.8) is 0 Å². The zero-order chi connectivity index (χ0) is 19.8. The Morgan fingerprint density at radius 1 is 1.14 bits per heavy atom. The lowest BCUT2D eigenvalue weighted by Crippen LogP contribution is -2.26. The monoisotopic (exact) mass is 375 g/mol. The van der Waals surface area contributed by atoms with Gasteiger partial charge < -0.3 is 15.6 Å². The lowest BCUT2D eigenvalue weighted by atomic mass is 9.87. The second kappa shape index (κ2) is 7.15. The number of H-pyrrole nitrogens is 1. The molecule has 0 radical (unpaired) electrons. The number of amides is 2. The maximum absolute atomic E-state index is 13.0. The molecule has 0 bridgehead atoms. The van der Waals surface area contributed by atoms with Crippen molar-refractivity contribution in [3.8, 4) is 0 Å². The van der Waals surface area contributed by atoms with Crippen LogP contribution in [-0.2, 0) is 19.4 Å². The number of aromatic amines is 1. The van der Waals surface area contributed by atoms with Crippen LogP contribution in [0.1, 0.15) is 50.9 Å². The van der Waals surface area contributed by atoms with Crippen molar-refractivity contribution in [1.82, 2.24) is 9.88 Å². The van der Waals surface area contributed by atoms with Crippen molar-refractivity contribution < 1.29 is 9.59 Å². The number of aryl methyl sites for hydroxylation is 1. The fourth-order valence-corrected chi connectivity index (χ4v) is 4.06. The Bertz CT molecular complexity index is 1050. The molecule has 0 unspecified atom stereocenters. The summed E-state index contributed by atoms with van der Waals surface area (Å²) >= 11 is 0. The summed E-state index contributed by atoms with van der Waals surface area (Å²) in [7, 11) is 1.79. The fourth-order valence-electron chi connectivity index (χ4n) is 4.06. The number of nitrogens with one attached hydrogen (secondary N) is 1. The van der Waals surface area contributed by atoms with Gasteiger partial charge in [-0.05, 0) is 66.6 Å². The number of nitrogens with zero attached hydrogens (tertiary/aromatic N) is 1. The minimum absolute atomic E-state index is 0.0142. The van der Waals surface area contributed by atoms with Crippen molar-refractivity contribution in [2.75, 3.05) is 7.05 Å². The van der Waals surface area contributed by atoms with Gasteiger partial charge in [0.25, 0.3) is 5.91 Å². The number of carbonyl (C=O) groups excluding carboxylic acids is 2. The van der Waals surface area contributed by atoms with E-state index in [1.165, 1.54) is 23.1 Å². The van der Waals surface area contributed by atoms with E-state index in [-0.39, 0.29) is 5.91 Å². The summed E-state index contributed by atoms with van der Waals surface area (Å²) in [5, 5.41) is 1.17. The van der Waals surface area contributed by atoms with E-state index in [4.69, 9.17) is 5.73 Å². The molecule has 0 fully saturated rings. The van der Waals surface area contributed by atoms with Gasteiger partial charge in [0.1, 0.15) is 0 Å². The molecule has 1 heterocycles. The molecule has 0 aliphatic heterocycles. The quantitative estimate of drug-likeness (QED) is 0.730. The second-order valence-electron chi connectivity index (χ2n) is 7.91. The second-order valence-corrected chi connectivity index (χ2v) is 7.91. The first kappa shape index (κ1) is 18.3. The van der Waals surface area contributed by atoms with Crippen LogP contribution in [0, 0.1) is 5.92 Å².